The number of pyridine rings is 2. The van der Waals surface area contributed by atoms with Crippen LogP contribution in [0, 0.1) is 5.82 Å². The molecular formula is C25H19F4N3O3. The topological polar surface area (TPSA) is 81.2 Å². The van der Waals surface area contributed by atoms with Crippen molar-refractivity contribution in [1.82, 2.24) is 9.97 Å². The van der Waals surface area contributed by atoms with Crippen molar-refractivity contribution >= 4 is 23.0 Å². The van der Waals surface area contributed by atoms with Crippen molar-refractivity contribution in [3.63, 3.8) is 0 Å². The number of ether oxygens (including phenoxy) is 1. The first-order chi connectivity index (χ1) is 16.6. The molecule has 6 nitrogen and oxygen atoms in total. The minimum absolute atomic E-state index is 0.0576. The molecule has 0 bridgehead atoms. The summed E-state index contributed by atoms with van der Waals surface area (Å²) in [6.45, 7) is 1.47. The van der Waals surface area contributed by atoms with E-state index < -0.39 is 35.8 Å². The quantitative estimate of drug-likeness (QED) is 0.496. The summed E-state index contributed by atoms with van der Waals surface area (Å²) in [6.07, 6.45) is -0.154. The van der Waals surface area contributed by atoms with E-state index >= 15 is 0 Å². The van der Waals surface area contributed by atoms with E-state index in [1.54, 1.807) is 18.3 Å². The van der Waals surface area contributed by atoms with Gasteiger partial charge < -0.3 is 10.1 Å². The number of ketones is 1. The van der Waals surface area contributed by atoms with Gasteiger partial charge in [-0.05, 0) is 36.2 Å². The van der Waals surface area contributed by atoms with Gasteiger partial charge >= 0.3 is 6.18 Å². The van der Waals surface area contributed by atoms with Crippen molar-refractivity contribution in [3.05, 3.63) is 77.0 Å². The van der Waals surface area contributed by atoms with Crippen molar-refractivity contribution in [2.45, 2.75) is 25.9 Å². The second-order valence-electron chi connectivity index (χ2n) is 7.91. The standard InChI is InChI=1S/C25H19F4N3O3/c1-13(33)18-5-6-22-19(18)7-16(11-30-22)14-3-4-15(21(26)8-14)9-23(34)32-17-10-20(25(27,28)29)24(35-2)31-12-17/h3-5,7-8,10-12H,6,9H2,1-2H3,(H,32,34). The molecule has 0 saturated heterocycles. The summed E-state index contributed by atoms with van der Waals surface area (Å²) in [5, 5.41) is 2.30. The lowest BCUT2D eigenvalue weighted by atomic mass is 9.99. The van der Waals surface area contributed by atoms with E-state index in [9.17, 15) is 27.2 Å². The molecule has 2 aromatic heterocycles. The summed E-state index contributed by atoms with van der Waals surface area (Å²) in [7, 11) is 1.06. The predicted octanol–water partition coefficient (Wildman–Crippen LogP) is 5.02. The molecule has 0 atom stereocenters. The summed E-state index contributed by atoms with van der Waals surface area (Å²) >= 11 is 0. The van der Waals surface area contributed by atoms with Gasteiger partial charge in [0.15, 0.2) is 5.78 Å². The largest absolute Gasteiger partial charge is 0.481 e. The van der Waals surface area contributed by atoms with Crippen LogP contribution in [0.1, 0.15) is 29.3 Å². The van der Waals surface area contributed by atoms with Crippen molar-refractivity contribution in [1.29, 1.82) is 0 Å². The molecule has 0 aliphatic heterocycles. The monoisotopic (exact) mass is 485 g/mol. The Bertz CT molecular complexity index is 1370. The lowest BCUT2D eigenvalue weighted by molar-refractivity contribution is -0.139. The Labute approximate surface area is 197 Å². The van der Waals surface area contributed by atoms with E-state index in [-0.39, 0.29) is 17.0 Å². The number of alkyl halides is 3. The normalized spacial score (nSPS) is 12.7. The smallest absolute Gasteiger partial charge is 0.421 e. The molecule has 1 amide bonds. The number of hydrogen-bond donors (Lipinski definition) is 1. The van der Waals surface area contributed by atoms with Gasteiger partial charge in [-0.3, -0.25) is 14.6 Å². The summed E-state index contributed by atoms with van der Waals surface area (Å²) in [6, 6.07) is 6.76. The van der Waals surface area contributed by atoms with Crippen LogP contribution in [0.5, 0.6) is 5.88 Å². The Morgan fingerprint density at radius 1 is 1.09 bits per heavy atom. The van der Waals surface area contributed by atoms with E-state index in [2.05, 4.69) is 20.0 Å². The number of fused-ring (bicyclic) bond motifs is 1. The molecule has 0 unspecified atom stereocenters. The molecule has 4 rings (SSSR count). The zero-order valence-corrected chi connectivity index (χ0v) is 18.7. The Morgan fingerprint density at radius 2 is 1.86 bits per heavy atom. The first kappa shape index (κ1) is 24.1. The van der Waals surface area contributed by atoms with Crippen LogP contribution >= 0.6 is 0 Å². The number of nitrogens with one attached hydrogen (secondary N) is 1. The van der Waals surface area contributed by atoms with Crippen molar-refractivity contribution in [2.24, 2.45) is 0 Å². The fourth-order valence-electron chi connectivity index (χ4n) is 3.82. The van der Waals surface area contributed by atoms with Crippen molar-refractivity contribution in [2.75, 3.05) is 12.4 Å². The fraction of sp³-hybridized carbons (Fsp3) is 0.200. The predicted molar refractivity (Wildman–Crippen MR) is 120 cm³/mol. The van der Waals surface area contributed by atoms with Crippen LogP contribution in [0.4, 0.5) is 23.2 Å². The zero-order valence-electron chi connectivity index (χ0n) is 18.7. The molecular weight excluding hydrogens is 466 g/mol. The molecule has 1 aromatic carbocycles. The second kappa shape index (κ2) is 9.28. The molecule has 1 aliphatic carbocycles. The first-order valence-corrected chi connectivity index (χ1v) is 10.5. The van der Waals surface area contributed by atoms with Gasteiger partial charge in [-0.25, -0.2) is 9.37 Å². The molecule has 0 radical (unpaired) electrons. The highest BCUT2D eigenvalue weighted by Gasteiger charge is 2.35. The summed E-state index contributed by atoms with van der Waals surface area (Å²) in [5.41, 5.74) is 1.90. The van der Waals surface area contributed by atoms with Crippen molar-refractivity contribution in [3.8, 4) is 17.0 Å². The average Bonchev–Trinajstić information content (AvgIpc) is 3.23. The van der Waals surface area contributed by atoms with E-state index in [0.29, 0.717) is 34.8 Å². The number of methoxy groups -OCH3 is 1. The van der Waals surface area contributed by atoms with Crippen LogP contribution in [0.25, 0.3) is 16.7 Å². The Hall–Kier alpha value is -4.08. The number of aromatic nitrogens is 2. The molecule has 2 heterocycles. The SMILES string of the molecule is COc1ncc(NC(=O)Cc2ccc(-c3cnc4c(c3)C(C(C)=O)=CC4)cc2F)cc1C(F)(F)F. The van der Waals surface area contributed by atoms with Crippen LogP contribution < -0.4 is 10.1 Å². The van der Waals surface area contributed by atoms with E-state index in [1.807, 2.05) is 6.08 Å². The molecule has 0 saturated carbocycles. The number of halogens is 4. The molecule has 1 N–H and O–H groups in total. The number of Topliss-reactive ketones (excluding diaryl/α,β-unsaturated/α-hetero) is 1. The number of allylic oxidation sites excluding steroid dienone is 2. The van der Waals surface area contributed by atoms with E-state index in [1.165, 1.54) is 19.1 Å². The average molecular weight is 485 g/mol. The van der Waals surface area contributed by atoms with Gasteiger partial charge in [0.25, 0.3) is 0 Å². The molecule has 35 heavy (non-hydrogen) atoms. The maximum absolute atomic E-state index is 14.8. The number of hydrogen-bond acceptors (Lipinski definition) is 5. The number of carbonyl (C=O) groups excluding carboxylic acids is 2. The Morgan fingerprint density at radius 3 is 2.51 bits per heavy atom. The minimum Gasteiger partial charge on any atom is -0.481 e. The number of rotatable bonds is 6. The van der Waals surface area contributed by atoms with E-state index in [4.69, 9.17) is 0 Å². The van der Waals surface area contributed by atoms with Crippen LogP contribution in [0.3, 0.4) is 0 Å². The van der Waals surface area contributed by atoms with Crippen LogP contribution in [0.15, 0.2) is 48.8 Å². The van der Waals surface area contributed by atoms with Crippen molar-refractivity contribution < 1.29 is 31.9 Å². The molecule has 0 spiro atoms. The number of benzene rings is 1. The van der Waals surface area contributed by atoms with Crippen LogP contribution in [-0.2, 0) is 28.6 Å². The summed E-state index contributed by atoms with van der Waals surface area (Å²) < 4.78 is 58.9. The molecule has 3 aromatic rings. The lowest BCUT2D eigenvalue weighted by Crippen LogP contribution is -2.17. The second-order valence-corrected chi connectivity index (χ2v) is 7.91. The third kappa shape index (κ3) is 5.06. The molecule has 10 heteroatoms. The number of carbonyl (C=O) groups is 2. The molecule has 180 valence electrons. The van der Waals surface area contributed by atoms with Gasteiger partial charge in [-0.1, -0.05) is 18.2 Å². The fourth-order valence-corrected chi connectivity index (χ4v) is 3.82. The lowest BCUT2D eigenvalue weighted by Gasteiger charge is -2.13. The Balaban J connectivity index is 1.51. The first-order valence-electron chi connectivity index (χ1n) is 10.5. The molecule has 0 fully saturated rings. The highest BCUT2D eigenvalue weighted by atomic mass is 19.4. The van der Waals surface area contributed by atoms with Crippen LogP contribution in [-0.4, -0.2) is 28.8 Å². The maximum atomic E-state index is 14.8. The van der Waals surface area contributed by atoms with Gasteiger partial charge in [0, 0.05) is 29.3 Å². The third-order valence-corrected chi connectivity index (χ3v) is 5.51. The third-order valence-electron chi connectivity index (χ3n) is 5.51. The number of anilines is 1. The minimum atomic E-state index is -4.73. The highest BCUT2D eigenvalue weighted by Crippen LogP contribution is 2.36. The summed E-state index contributed by atoms with van der Waals surface area (Å²) in [4.78, 5) is 32.1. The van der Waals surface area contributed by atoms with Gasteiger partial charge in [0.2, 0.25) is 11.8 Å². The van der Waals surface area contributed by atoms with Gasteiger partial charge in [-0.2, -0.15) is 13.2 Å². The van der Waals surface area contributed by atoms with Gasteiger partial charge in [0.1, 0.15) is 11.4 Å². The number of amides is 1. The Kier molecular flexibility index (Phi) is 6.38. The van der Waals surface area contributed by atoms with Crippen LogP contribution in [0.2, 0.25) is 0 Å². The maximum Gasteiger partial charge on any atom is 0.421 e. The summed E-state index contributed by atoms with van der Waals surface area (Å²) in [5.74, 6) is -2.08. The van der Waals surface area contributed by atoms with Gasteiger partial charge in [0.05, 0.1) is 31.1 Å². The number of nitrogens with zero attached hydrogens (tertiary/aromatic N) is 2. The highest BCUT2D eigenvalue weighted by molar-refractivity contribution is 6.21. The zero-order chi connectivity index (χ0) is 25.3. The van der Waals surface area contributed by atoms with E-state index in [0.717, 1.165) is 19.0 Å². The molecule has 1 aliphatic rings. The van der Waals surface area contributed by atoms with Gasteiger partial charge in [-0.15, -0.1) is 0 Å².